The Bertz CT molecular complexity index is 1780. The van der Waals surface area contributed by atoms with Gasteiger partial charge in [0.2, 0.25) is 17.7 Å². The van der Waals surface area contributed by atoms with E-state index < -0.39 is 23.4 Å². The monoisotopic (exact) mass is 589 g/mol. The second-order valence-electron chi connectivity index (χ2n) is 11.8. The van der Waals surface area contributed by atoms with E-state index in [1.54, 1.807) is 4.90 Å². The van der Waals surface area contributed by atoms with E-state index in [0.717, 1.165) is 22.0 Å². The van der Waals surface area contributed by atoms with Crippen LogP contribution in [0, 0.1) is 11.8 Å². The summed E-state index contributed by atoms with van der Waals surface area (Å²) in [5.41, 5.74) is 2.58. The zero-order valence-electron chi connectivity index (χ0n) is 24.8. The number of aromatic amines is 1. The minimum absolute atomic E-state index is 0.138. The number of carbonyl (C=O) groups excluding carboxylic acids is 4. The standard InChI is InChI=1S/C35H35N5O4/c1-3-38(4-2)29(41)21-39-28-17-11-9-15-25(28)35(34(39)44)31-30(32(42)40(33(31)43)20-22-12-6-5-7-13-22)27(37-35)18-23-19-36-26-16-10-8-14-24(23)26/h5-17,19,27,30-31,36-37H,3-4,18,20-21H2,1-2H3/t27-,30+,31-,35+/m0/s1. The van der Waals surface area contributed by atoms with E-state index in [4.69, 9.17) is 0 Å². The smallest absolute Gasteiger partial charge is 0.253 e. The largest absolute Gasteiger partial charge is 0.361 e. The fraction of sp³-hybridized carbons (Fsp3) is 0.314. The van der Waals surface area contributed by atoms with Crippen LogP contribution >= 0.6 is 0 Å². The molecule has 2 fully saturated rings. The molecule has 4 aromatic rings. The quantitative estimate of drug-likeness (QED) is 0.306. The fourth-order valence-corrected chi connectivity index (χ4v) is 7.61. The van der Waals surface area contributed by atoms with Gasteiger partial charge in [-0.15, -0.1) is 0 Å². The van der Waals surface area contributed by atoms with Crippen molar-refractivity contribution >= 4 is 40.2 Å². The number of likely N-dealkylation sites (tertiary alicyclic amines) is 1. The number of nitrogens with one attached hydrogen (secondary N) is 2. The number of carbonyl (C=O) groups is 4. The third kappa shape index (κ3) is 4.10. The van der Waals surface area contributed by atoms with Gasteiger partial charge in [0.1, 0.15) is 12.1 Å². The van der Waals surface area contributed by atoms with E-state index in [-0.39, 0.29) is 36.7 Å². The Morgan fingerprint density at radius 2 is 1.57 bits per heavy atom. The molecule has 44 heavy (non-hydrogen) atoms. The number of hydrogen-bond donors (Lipinski definition) is 2. The van der Waals surface area contributed by atoms with Gasteiger partial charge in [0.25, 0.3) is 5.91 Å². The first-order valence-electron chi connectivity index (χ1n) is 15.3. The molecule has 224 valence electrons. The van der Waals surface area contributed by atoms with Gasteiger partial charge in [0, 0.05) is 47.5 Å². The summed E-state index contributed by atoms with van der Waals surface area (Å²) in [7, 11) is 0. The van der Waals surface area contributed by atoms with Gasteiger partial charge in [0.05, 0.1) is 18.4 Å². The molecule has 9 nitrogen and oxygen atoms in total. The van der Waals surface area contributed by atoms with Crippen LogP contribution in [0.4, 0.5) is 5.69 Å². The molecule has 0 aliphatic carbocycles. The van der Waals surface area contributed by atoms with Crippen LogP contribution in [0.25, 0.3) is 10.9 Å². The fourth-order valence-electron chi connectivity index (χ4n) is 7.61. The van der Waals surface area contributed by atoms with E-state index in [9.17, 15) is 19.2 Å². The summed E-state index contributed by atoms with van der Waals surface area (Å²) < 4.78 is 0. The van der Waals surface area contributed by atoms with Crippen molar-refractivity contribution in [3.05, 3.63) is 102 Å². The summed E-state index contributed by atoms with van der Waals surface area (Å²) in [5, 5.41) is 4.62. The normalized spacial score (nSPS) is 24.0. The van der Waals surface area contributed by atoms with Crippen LogP contribution in [0.1, 0.15) is 30.5 Å². The molecule has 2 N–H and O–H groups in total. The molecular weight excluding hydrogens is 554 g/mol. The summed E-state index contributed by atoms with van der Waals surface area (Å²) in [6.07, 6.45) is 2.38. The maximum Gasteiger partial charge on any atom is 0.253 e. The highest BCUT2D eigenvalue weighted by Crippen LogP contribution is 2.55. The van der Waals surface area contributed by atoms with Crippen LogP contribution in [0.3, 0.4) is 0 Å². The number of anilines is 1. The van der Waals surface area contributed by atoms with Gasteiger partial charge >= 0.3 is 0 Å². The number of amides is 4. The third-order valence-electron chi connectivity index (χ3n) is 9.67. The number of imide groups is 1. The van der Waals surface area contributed by atoms with Gasteiger partial charge < -0.3 is 14.8 Å². The highest BCUT2D eigenvalue weighted by molar-refractivity contribution is 6.17. The average molecular weight is 590 g/mol. The van der Waals surface area contributed by atoms with Crippen molar-refractivity contribution in [2.24, 2.45) is 11.8 Å². The topological polar surface area (TPSA) is 106 Å². The number of nitrogens with zero attached hydrogens (tertiary/aromatic N) is 3. The highest BCUT2D eigenvalue weighted by atomic mass is 16.2. The molecule has 0 bridgehead atoms. The van der Waals surface area contributed by atoms with Gasteiger partial charge in [-0.3, -0.25) is 29.4 Å². The second-order valence-corrected chi connectivity index (χ2v) is 11.8. The number of likely N-dealkylation sites (N-methyl/N-ethyl adjacent to an activating group) is 1. The lowest BCUT2D eigenvalue weighted by Gasteiger charge is -2.31. The highest BCUT2D eigenvalue weighted by Gasteiger charge is 2.71. The lowest BCUT2D eigenvalue weighted by molar-refractivity contribution is -0.143. The molecule has 4 atom stereocenters. The zero-order chi connectivity index (χ0) is 30.6. The van der Waals surface area contributed by atoms with Crippen molar-refractivity contribution in [3.63, 3.8) is 0 Å². The van der Waals surface area contributed by atoms with E-state index in [1.807, 2.05) is 98.9 Å². The molecular formula is C35H35N5O4. The van der Waals surface area contributed by atoms with Crippen LogP contribution < -0.4 is 10.2 Å². The molecule has 0 unspecified atom stereocenters. The van der Waals surface area contributed by atoms with Gasteiger partial charge in [-0.1, -0.05) is 66.7 Å². The van der Waals surface area contributed by atoms with Crippen molar-refractivity contribution in [1.29, 1.82) is 0 Å². The van der Waals surface area contributed by atoms with Crippen molar-refractivity contribution in [1.82, 2.24) is 20.1 Å². The number of H-pyrrole nitrogens is 1. The molecule has 0 radical (unpaired) electrons. The Labute approximate surface area is 255 Å². The van der Waals surface area contributed by atoms with Crippen molar-refractivity contribution < 1.29 is 19.2 Å². The molecule has 4 heterocycles. The first-order valence-corrected chi connectivity index (χ1v) is 15.3. The maximum absolute atomic E-state index is 14.7. The van der Waals surface area contributed by atoms with Crippen LogP contribution in [0.5, 0.6) is 0 Å². The number of para-hydroxylation sites is 2. The Kier molecular flexibility index (Phi) is 6.85. The van der Waals surface area contributed by atoms with Crippen LogP contribution in [-0.4, -0.2) is 64.1 Å². The van der Waals surface area contributed by atoms with Crippen molar-refractivity contribution in [3.8, 4) is 0 Å². The summed E-state index contributed by atoms with van der Waals surface area (Å²) in [6.45, 7) is 4.88. The Morgan fingerprint density at radius 1 is 0.864 bits per heavy atom. The third-order valence-corrected chi connectivity index (χ3v) is 9.67. The van der Waals surface area contributed by atoms with E-state index in [2.05, 4.69) is 10.3 Å². The van der Waals surface area contributed by atoms with Gasteiger partial charge in [-0.25, -0.2) is 0 Å². The molecule has 3 aliphatic heterocycles. The Morgan fingerprint density at radius 3 is 2.34 bits per heavy atom. The summed E-state index contributed by atoms with van der Waals surface area (Å²) in [5.74, 6) is -2.87. The lowest BCUT2D eigenvalue weighted by atomic mass is 9.76. The number of rotatable bonds is 8. The lowest BCUT2D eigenvalue weighted by Crippen LogP contribution is -2.56. The van der Waals surface area contributed by atoms with Gasteiger partial charge in [0.15, 0.2) is 0 Å². The first kappa shape index (κ1) is 28.0. The van der Waals surface area contributed by atoms with Crippen molar-refractivity contribution in [2.75, 3.05) is 24.5 Å². The van der Waals surface area contributed by atoms with Crippen molar-refractivity contribution in [2.45, 2.75) is 38.4 Å². The van der Waals surface area contributed by atoms with E-state index in [1.165, 1.54) is 9.80 Å². The van der Waals surface area contributed by atoms with Crippen LogP contribution in [-0.2, 0) is 37.7 Å². The summed E-state index contributed by atoms with van der Waals surface area (Å²) in [4.78, 5) is 64.6. The molecule has 1 spiro atoms. The molecule has 7 rings (SSSR count). The second kappa shape index (κ2) is 10.7. The molecule has 4 amide bonds. The number of fused-ring (bicyclic) bond motifs is 5. The predicted octanol–water partition coefficient (Wildman–Crippen LogP) is 3.59. The molecule has 9 heteroatoms. The molecule has 3 aromatic carbocycles. The number of aromatic nitrogens is 1. The number of benzene rings is 3. The molecule has 2 saturated heterocycles. The summed E-state index contributed by atoms with van der Waals surface area (Å²) in [6, 6.07) is 24.3. The van der Waals surface area contributed by atoms with E-state index in [0.29, 0.717) is 30.8 Å². The number of hydrogen-bond acceptors (Lipinski definition) is 5. The SMILES string of the molecule is CCN(CC)C(=O)CN1C(=O)[C@@]2(N[C@@H](Cc3c[nH]c4ccccc34)[C@H]3C(=O)N(Cc4ccccc4)C(=O)[C@H]32)c2ccccc21. The first-order chi connectivity index (χ1) is 21.4. The van der Waals surface area contributed by atoms with Gasteiger partial charge in [-0.2, -0.15) is 0 Å². The molecule has 1 aromatic heterocycles. The predicted molar refractivity (Wildman–Crippen MR) is 166 cm³/mol. The van der Waals surface area contributed by atoms with Crippen LogP contribution in [0.15, 0.2) is 85.1 Å². The zero-order valence-corrected chi connectivity index (χ0v) is 24.8. The maximum atomic E-state index is 14.7. The Hall–Kier alpha value is -4.76. The van der Waals surface area contributed by atoms with Gasteiger partial charge in [-0.05, 0) is 43.5 Å². The minimum Gasteiger partial charge on any atom is -0.361 e. The van der Waals surface area contributed by atoms with E-state index >= 15 is 0 Å². The molecule has 3 aliphatic rings. The Balaban J connectivity index is 1.33. The molecule has 0 saturated carbocycles. The van der Waals surface area contributed by atoms with Crippen LogP contribution in [0.2, 0.25) is 0 Å². The average Bonchev–Trinajstić information content (AvgIpc) is 3.74. The summed E-state index contributed by atoms with van der Waals surface area (Å²) >= 11 is 0. The minimum atomic E-state index is -1.47.